The third kappa shape index (κ3) is 8.47. The van der Waals surface area contributed by atoms with E-state index in [1.165, 1.54) is 0 Å². The first-order chi connectivity index (χ1) is 7.82. The van der Waals surface area contributed by atoms with Crippen molar-refractivity contribution < 1.29 is 19.8 Å². The average molecular weight is 247 g/mol. The quantitative estimate of drug-likeness (QED) is 0.465. The fraction of sp³-hybridized carbons (Fsp3) is 0.800. The highest BCUT2D eigenvalue weighted by Crippen LogP contribution is 1.91. The molecule has 0 bridgehead atoms. The van der Waals surface area contributed by atoms with E-state index in [2.05, 4.69) is 10.6 Å². The van der Waals surface area contributed by atoms with Crippen molar-refractivity contribution in [1.29, 1.82) is 0 Å². The zero-order valence-electron chi connectivity index (χ0n) is 10.4. The predicted molar refractivity (Wildman–Crippen MR) is 62.8 cm³/mol. The molecule has 100 valence electrons. The normalized spacial score (nSPS) is 14.2. The van der Waals surface area contributed by atoms with Crippen molar-refractivity contribution in [2.24, 2.45) is 0 Å². The molecule has 0 saturated carbocycles. The molecule has 0 heterocycles. The minimum absolute atomic E-state index is 0.0145. The first kappa shape index (κ1) is 15.7. The highest BCUT2D eigenvalue weighted by atomic mass is 16.4. The molecule has 2 atom stereocenters. The van der Waals surface area contributed by atoms with E-state index in [0.717, 1.165) is 13.0 Å². The lowest BCUT2D eigenvalue weighted by Crippen LogP contribution is -2.45. The van der Waals surface area contributed by atoms with E-state index in [-0.39, 0.29) is 12.6 Å². The van der Waals surface area contributed by atoms with Gasteiger partial charge in [-0.1, -0.05) is 0 Å². The van der Waals surface area contributed by atoms with Crippen molar-refractivity contribution in [3.8, 4) is 0 Å². The second kappa shape index (κ2) is 7.86. The lowest BCUT2D eigenvalue weighted by molar-refractivity contribution is -0.146. The summed E-state index contributed by atoms with van der Waals surface area (Å²) in [6.07, 6.45) is -0.778. The third-order valence-electron chi connectivity index (χ3n) is 2.13. The minimum atomic E-state index is -1.57. The second-order valence-corrected chi connectivity index (χ2v) is 4.20. The number of hydrogen-bond donors (Lipinski definition) is 4. The molecule has 0 aromatic carbocycles. The number of aliphatic carboxylic acids is 1. The van der Waals surface area contributed by atoms with Gasteiger partial charge in [0.25, 0.3) is 0 Å². The summed E-state index contributed by atoms with van der Waals surface area (Å²) in [6, 6.07) is -0.490. The fourth-order valence-corrected chi connectivity index (χ4v) is 1.08. The Bertz CT molecular complexity index is 258. The summed E-state index contributed by atoms with van der Waals surface area (Å²) in [6.45, 7) is 2.40. The lowest BCUT2D eigenvalue weighted by atomic mass is 10.2. The number of nitrogens with zero attached hydrogens (tertiary/aromatic N) is 1. The standard InChI is InChI=1S/C10H21N3O4/c1-7(4-5-13(2)3)12-10(17)11-6-8(14)9(15)16/h7-8,14H,4-6H2,1-3H3,(H,15,16)(H2,11,12,17). The highest BCUT2D eigenvalue weighted by molar-refractivity contribution is 5.76. The SMILES string of the molecule is CC(CCN(C)C)NC(=O)NCC(O)C(=O)O. The van der Waals surface area contributed by atoms with E-state index in [0.29, 0.717) is 0 Å². The molecule has 0 aromatic rings. The maximum Gasteiger partial charge on any atom is 0.334 e. The van der Waals surface area contributed by atoms with Crippen LogP contribution >= 0.6 is 0 Å². The van der Waals surface area contributed by atoms with Crippen LogP contribution in [0.5, 0.6) is 0 Å². The van der Waals surface area contributed by atoms with Crippen molar-refractivity contribution >= 4 is 12.0 Å². The van der Waals surface area contributed by atoms with Gasteiger partial charge in [-0.25, -0.2) is 9.59 Å². The Labute approximate surface area is 101 Å². The van der Waals surface area contributed by atoms with Crippen molar-refractivity contribution in [2.45, 2.75) is 25.5 Å². The van der Waals surface area contributed by atoms with Crippen LogP contribution in [0.15, 0.2) is 0 Å². The van der Waals surface area contributed by atoms with Gasteiger partial charge in [0, 0.05) is 6.04 Å². The topological polar surface area (TPSA) is 102 Å². The summed E-state index contributed by atoms with van der Waals surface area (Å²) in [5, 5.41) is 22.3. The molecule has 17 heavy (non-hydrogen) atoms. The largest absolute Gasteiger partial charge is 0.479 e. The Morgan fingerprint density at radius 2 is 1.94 bits per heavy atom. The van der Waals surface area contributed by atoms with E-state index in [9.17, 15) is 9.59 Å². The molecule has 0 aliphatic heterocycles. The van der Waals surface area contributed by atoms with Gasteiger partial charge in [-0.15, -0.1) is 0 Å². The molecular weight excluding hydrogens is 226 g/mol. The molecule has 0 spiro atoms. The molecule has 0 aliphatic carbocycles. The van der Waals surface area contributed by atoms with Crippen molar-refractivity contribution in [3.63, 3.8) is 0 Å². The smallest absolute Gasteiger partial charge is 0.334 e. The molecule has 0 radical (unpaired) electrons. The molecule has 7 heteroatoms. The monoisotopic (exact) mass is 247 g/mol. The van der Waals surface area contributed by atoms with Crippen LogP contribution in [0.3, 0.4) is 0 Å². The summed E-state index contributed by atoms with van der Waals surface area (Å²) in [5.74, 6) is -1.36. The van der Waals surface area contributed by atoms with E-state index in [1.54, 1.807) is 0 Å². The Morgan fingerprint density at radius 1 is 1.35 bits per heavy atom. The van der Waals surface area contributed by atoms with Crippen LogP contribution in [0.25, 0.3) is 0 Å². The van der Waals surface area contributed by atoms with Crippen LogP contribution < -0.4 is 10.6 Å². The average Bonchev–Trinajstić information content (AvgIpc) is 2.22. The van der Waals surface area contributed by atoms with Crippen LogP contribution in [0.1, 0.15) is 13.3 Å². The molecule has 2 amide bonds. The van der Waals surface area contributed by atoms with Crippen molar-refractivity contribution in [1.82, 2.24) is 15.5 Å². The summed E-state index contributed by atoms with van der Waals surface area (Å²) in [4.78, 5) is 23.6. The first-order valence-electron chi connectivity index (χ1n) is 5.43. The number of rotatable bonds is 7. The number of hydrogen-bond acceptors (Lipinski definition) is 4. The zero-order chi connectivity index (χ0) is 13.4. The molecular formula is C10H21N3O4. The van der Waals surface area contributed by atoms with E-state index >= 15 is 0 Å². The molecule has 4 N–H and O–H groups in total. The van der Waals surface area contributed by atoms with Crippen LogP contribution in [0, 0.1) is 0 Å². The van der Waals surface area contributed by atoms with Gasteiger partial charge in [-0.3, -0.25) is 0 Å². The van der Waals surface area contributed by atoms with E-state index < -0.39 is 18.1 Å². The number of carboxylic acid groups (broad SMARTS) is 1. The van der Waals surface area contributed by atoms with Crippen molar-refractivity contribution in [2.75, 3.05) is 27.2 Å². The van der Waals surface area contributed by atoms with E-state index in [4.69, 9.17) is 10.2 Å². The zero-order valence-corrected chi connectivity index (χ0v) is 10.4. The van der Waals surface area contributed by atoms with Gasteiger partial charge in [0.1, 0.15) is 0 Å². The number of urea groups is 1. The van der Waals surface area contributed by atoms with Gasteiger partial charge < -0.3 is 25.7 Å². The number of amides is 2. The first-order valence-corrected chi connectivity index (χ1v) is 5.43. The Balaban J connectivity index is 3.74. The number of carboxylic acids is 1. The van der Waals surface area contributed by atoms with Gasteiger partial charge in [-0.05, 0) is 34.0 Å². The summed E-state index contributed by atoms with van der Waals surface area (Å²) in [7, 11) is 3.88. The molecule has 0 rings (SSSR count). The molecule has 0 aromatic heterocycles. The summed E-state index contributed by atoms with van der Waals surface area (Å²) < 4.78 is 0. The van der Waals surface area contributed by atoms with Gasteiger partial charge in [0.2, 0.25) is 0 Å². The van der Waals surface area contributed by atoms with Crippen LogP contribution in [-0.2, 0) is 4.79 Å². The van der Waals surface area contributed by atoms with Crippen LogP contribution in [-0.4, -0.2) is 66.4 Å². The molecule has 2 unspecified atom stereocenters. The summed E-state index contributed by atoms with van der Waals surface area (Å²) >= 11 is 0. The molecule has 0 saturated heterocycles. The fourth-order valence-electron chi connectivity index (χ4n) is 1.08. The minimum Gasteiger partial charge on any atom is -0.479 e. The van der Waals surface area contributed by atoms with Crippen LogP contribution in [0.2, 0.25) is 0 Å². The maximum atomic E-state index is 11.3. The number of carbonyl (C=O) groups excluding carboxylic acids is 1. The molecule has 7 nitrogen and oxygen atoms in total. The van der Waals surface area contributed by atoms with Crippen LogP contribution in [0.4, 0.5) is 4.79 Å². The molecule has 0 fully saturated rings. The number of aliphatic hydroxyl groups is 1. The predicted octanol–water partition coefficient (Wildman–Crippen LogP) is -0.929. The lowest BCUT2D eigenvalue weighted by Gasteiger charge is -2.17. The van der Waals surface area contributed by atoms with Gasteiger partial charge in [0.15, 0.2) is 6.10 Å². The van der Waals surface area contributed by atoms with Gasteiger partial charge >= 0.3 is 12.0 Å². The third-order valence-corrected chi connectivity index (χ3v) is 2.13. The Morgan fingerprint density at radius 3 is 2.41 bits per heavy atom. The highest BCUT2D eigenvalue weighted by Gasteiger charge is 2.14. The maximum absolute atomic E-state index is 11.3. The number of aliphatic hydroxyl groups excluding tert-OH is 1. The Hall–Kier alpha value is -1.34. The van der Waals surface area contributed by atoms with E-state index in [1.807, 2.05) is 25.9 Å². The number of carbonyl (C=O) groups is 2. The molecule has 0 aliphatic rings. The second-order valence-electron chi connectivity index (χ2n) is 4.20. The van der Waals surface area contributed by atoms with Gasteiger partial charge in [0.05, 0.1) is 6.54 Å². The van der Waals surface area contributed by atoms with Gasteiger partial charge in [-0.2, -0.15) is 0 Å². The number of nitrogens with one attached hydrogen (secondary N) is 2. The van der Waals surface area contributed by atoms with Crippen molar-refractivity contribution in [3.05, 3.63) is 0 Å². The Kier molecular flexibility index (Phi) is 7.24. The summed E-state index contributed by atoms with van der Waals surface area (Å²) in [5.41, 5.74) is 0.